The standard InChI is InChI=1S/C11H13N3O2S/c12-17(15,16)7-10-3-1-2-9(4-10)5-11-6-13-8-14-11/h1-4,6,8H,5,7H2,(H,13,14)(H2,12,15,16). The summed E-state index contributed by atoms with van der Waals surface area (Å²) in [7, 11) is -3.48. The topological polar surface area (TPSA) is 88.8 Å². The summed E-state index contributed by atoms with van der Waals surface area (Å²) in [5, 5.41) is 5.01. The van der Waals surface area contributed by atoms with Crippen LogP contribution in [0.15, 0.2) is 36.8 Å². The second-order valence-corrected chi connectivity index (χ2v) is 5.50. The Bertz CT molecular complexity index is 591. The van der Waals surface area contributed by atoms with Gasteiger partial charge in [-0.1, -0.05) is 24.3 Å². The van der Waals surface area contributed by atoms with Crippen LogP contribution in [0.25, 0.3) is 0 Å². The van der Waals surface area contributed by atoms with E-state index < -0.39 is 10.0 Å². The zero-order valence-corrected chi connectivity index (χ0v) is 9.94. The minimum absolute atomic E-state index is 0.135. The van der Waals surface area contributed by atoms with Gasteiger partial charge in [-0.25, -0.2) is 18.5 Å². The van der Waals surface area contributed by atoms with E-state index in [4.69, 9.17) is 5.14 Å². The summed E-state index contributed by atoms with van der Waals surface area (Å²) in [6, 6.07) is 7.35. The number of aromatic nitrogens is 2. The summed E-state index contributed by atoms with van der Waals surface area (Å²) in [6.07, 6.45) is 4.05. The minimum Gasteiger partial charge on any atom is -0.348 e. The van der Waals surface area contributed by atoms with Crippen molar-refractivity contribution in [3.8, 4) is 0 Å². The molecule has 0 saturated heterocycles. The molecular weight excluding hydrogens is 238 g/mol. The smallest absolute Gasteiger partial charge is 0.213 e. The number of hydrogen-bond donors (Lipinski definition) is 2. The number of sulfonamides is 1. The summed E-state index contributed by atoms with van der Waals surface area (Å²) in [5.41, 5.74) is 2.71. The second-order valence-electron chi connectivity index (χ2n) is 3.88. The number of hydrogen-bond acceptors (Lipinski definition) is 3. The number of nitrogens with two attached hydrogens (primary N) is 1. The third-order valence-electron chi connectivity index (χ3n) is 2.31. The molecule has 1 heterocycles. The van der Waals surface area contributed by atoms with Crippen LogP contribution in [0.2, 0.25) is 0 Å². The fraction of sp³-hybridized carbons (Fsp3) is 0.182. The summed E-state index contributed by atoms with van der Waals surface area (Å²) in [4.78, 5) is 6.93. The molecule has 2 aromatic rings. The van der Waals surface area contributed by atoms with Crippen molar-refractivity contribution in [2.75, 3.05) is 0 Å². The van der Waals surface area contributed by atoms with Gasteiger partial charge in [-0.3, -0.25) is 0 Å². The number of benzene rings is 1. The zero-order valence-electron chi connectivity index (χ0n) is 9.13. The Labute approximate surface area is 99.7 Å². The van der Waals surface area contributed by atoms with Crippen molar-refractivity contribution in [3.05, 3.63) is 53.6 Å². The molecule has 3 N–H and O–H groups in total. The van der Waals surface area contributed by atoms with E-state index in [1.807, 2.05) is 18.2 Å². The molecule has 0 aliphatic heterocycles. The highest BCUT2D eigenvalue weighted by atomic mass is 32.2. The summed E-state index contributed by atoms with van der Waals surface area (Å²) >= 11 is 0. The molecule has 0 fully saturated rings. The van der Waals surface area contributed by atoms with Crippen molar-refractivity contribution < 1.29 is 8.42 Å². The molecule has 0 amide bonds. The molecule has 6 heteroatoms. The van der Waals surface area contributed by atoms with E-state index in [1.54, 1.807) is 18.6 Å². The monoisotopic (exact) mass is 251 g/mol. The van der Waals surface area contributed by atoms with E-state index >= 15 is 0 Å². The van der Waals surface area contributed by atoms with E-state index in [2.05, 4.69) is 9.97 Å². The Morgan fingerprint density at radius 3 is 2.71 bits per heavy atom. The third kappa shape index (κ3) is 3.69. The Kier molecular flexibility index (Phi) is 3.26. The van der Waals surface area contributed by atoms with E-state index in [0.717, 1.165) is 11.3 Å². The van der Waals surface area contributed by atoms with Crippen molar-refractivity contribution in [2.24, 2.45) is 5.14 Å². The van der Waals surface area contributed by atoms with Gasteiger partial charge in [0.25, 0.3) is 0 Å². The second kappa shape index (κ2) is 4.68. The Morgan fingerprint density at radius 2 is 2.06 bits per heavy atom. The molecule has 0 atom stereocenters. The van der Waals surface area contributed by atoms with Gasteiger partial charge in [-0.15, -0.1) is 0 Å². The molecule has 1 aromatic carbocycles. The summed E-state index contributed by atoms with van der Waals surface area (Å²) in [5.74, 6) is -0.135. The van der Waals surface area contributed by atoms with Crippen molar-refractivity contribution in [1.82, 2.24) is 9.97 Å². The van der Waals surface area contributed by atoms with Crippen LogP contribution in [-0.2, 0) is 22.2 Å². The Balaban J connectivity index is 2.17. The molecule has 5 nitrogen and oxygen atoms in total. The molecule has 0 aliphatic carbocycles. The largest absolute Gasteiger partial charge is 0.348 e. The molecule has 0 unspecified atom stereocenters. The van der Waals surface area contributed by atoms with Crippen LogP contribution in [0.5, 0.6) is 0 Å². The van der Waals surface area contributed by atoms with Crippen molar-refractivity contribution >= 4 is 10.0 Å². The molecule has 0 bridgehead atoms. The van der Waals surface area contributed by atoms with Crippen LogP contribution in [0, 0.1) is 0 Å². The molecule has 0 saturated carbocycles. The number of aromatic amines is 1. The van der Waals surface area contributed by atoms with Crippen LogP contribution in [0.3, 0.4) is 0 Å². The lowest BCUT2D eigenvalue weighted by molar-refractivity contribution is 0.597. The predicted octanol–water partition coefficient (Wildman–Crippen LogP) is 0.789. The number of nitrogens with zero attached hydrogens (tertiary/aromatic N) is 1. The zero-order chi connectivity index (χ0) is 12.3. The summed E-state index contributed by atoms with van der Waals surface area (Å²) in [6.45, 7) is 0. The highest BCUT2D eigenvalue weighted by molar-refractivity contribution is 7.88. The average molecular weight is 251 g/mol. The SMILES string of the molecule is NS(=O)(=O)Cc1cccc(Cc2cnc[nH]2)c1. The van der Waals surface area contributed by atoms with Gasteiger partial charge in [0.1, 0.15) is 0 Å². The van der Waals surface area contributed by atoms with Gasteiger partial charge < -0.3 is 4.98 Å². The molecule has 2 rings (SSSR count). The molecule has 17 heavy (non-hydrogen) atoms. The predicted molar refractivity (Wildman–Crippen MR) is 64.6 cm³/mol. The molecular formula is C11H13N3O2S. The molecule has 0 aliphatic rings. The van der Waals surface area contributed by atoms with E-state index in [-0.39, 0.29) is 5.75 Å². The first-order chi connectivity index (χ1) is 8.03. The van der Waals surface area contributed by atoms with E-state index in [0.29, 0.717) is 12.0 Å². The van der Waals surface area contributed by atoms with Crippen LogP contribution >= 0.6 is 0 Å². The van der Waals surface area contributed by atoms with Crippen LogP contribution in [0.4, 0.5) is 0 Å². The number of imidazole rings is 1. The van der Waals surface area contributed by atoms with Crippen LogP contribution < -0.4 is 5.14 Å². The van der Waals surface area contributed by atoms with Gasteiger partial charge in [0.2, 0.25) is 10.0 Å². The maximum Gasteiger partial charge on any atom is 0.213 e. The van der Waals surface area contributed by atoms with E-state index in [9.17, 15) is 8.42 Å². The molecule has 90 valence electrons. The molecule has 1 aromatic heterocycles. The highest BCUT2D eigenvalue weighted by Crippen LogP contribution is 2.11. The number of primary sulfonamides is 1. The van der Waals surface area contributed by atoms with Gasteiger partial charge in [-0.2, -0.15) is 0 Å². The quantitative estimate of drug-likeness (QED) is 0.841. The van der Waals surface area contributed by atoms with Gasteiger partial charge in [0, 0.05) is 18.3 Å². The first-order valence-electron chi connectivity index (χ1n) is 5.08. The minimum atomic E-state index is -3.48. The van der Waals surface area contributed by atoms with Crippen molar-refractivity contribution in [2.45, 2.75) is 12.2 Å². The lowest BCUT2D eigenvalue weighted by Crippen LogP contribution is -2.14. The van der Waals surface area contributed by atoms with Gasteiger partial charge in [0.05, 0.1) is 12.1 Å². The molecule has 0 spiro atoms. The maximum absolute atomic E-state index is 11.0. The lowest BCUT2D eigenvalue weighted by atomic mass is 10.1. The number of nitrogens with one attached hydrogen (secondary N) is 1. The van der Waals surface area contributed by atoms with Crippen molar-refractivity contribution in [3.63, 3.8) is 0 Å². The maximum atomic E-state index is 11.0. The van der Waals surface area contributed by atoms with E-state index in [1.165, 1.54) is 0 Å². The first-order valence-corrected chi connectivity index (χ1v) is 6.80. The summed E-state index contributed by atoms with van der Waals surface area (Å²) < 4.78 is 22.0. The number of H-pyrrole nitrogens is 1. The van der Waals surface area contributed by atoms with Gasteiger partial charge >= 0.3 is 0 Å². The van der Waals surface area contributed by atoms with Crippen LogP contribution in [0.1, 0.15) is 16.8 Å². The Hall–Kier alpha value is -1.66. The highest BCUT2D eigenvalue weighted by Gasteiger charge is 2.06. The average Bonchev–Trinajstić information content (AvgIpc) is 2.68. The van der Waals surface area contributed by atoms with Crippen molar-refractivity contribution in [1.29, 1.82) is 0 Å². The normalized spacial score (nSPS) is 11.6. The van der Waals surface area contributed by atoms with Crippen LogP contribution in [-0.4, -0.2) is 18.4 Å². The Morgan fingerprint density at radius 1 is 1.29 bits per heavy atom. The van der Waals surface area contributed by atoms with Gasteiger partial charge in [-0.05, 0) is 11.1 Å². The first kappa shape index (κ1) is 11.8. The fourth-order valence-corrected chi connectivity index (χ4v) is 2.31. The lowest BCUT2D eigenvalue weighted by Gasteiger charge is -2.03. The fourth-order valence-electron chi connectivity index (χ4n) is 1.66. The molecule has 0 radical (unpaired) electrons. The van der Waals surface area contributed by atoms with Gasteiger partial charge in [0.15, 0.2) is 0 Å². The number of rotatable bonds is 4. The third-order valence-corrected chi connectivity index (χ3v) is 3.04.